The maximum Gasteiger partial charge on any atom is 0.0617 e. The third kappa shape index (κ3) is 3.82. The summed E-state index contributed by atoms with van der Waals surface area (Å²) in [6, 6.07) is 0.702. The normalized spacial score (nSPS) is 26.1. The molecule has 1 saturated carbocycles. The van der Waals surface area contributed by atoms with E-state index in [0.29, 0.717) is 11.9 Å². The first-order valence-electron chi connectivity index (χ1n) is 6.89. The highest BCUT2D eigenvalue weighted by Crippen LogP contribution is 2.30. The molecule has 0 amide bonds. The van der Waals surface area contributed by atoms with Crippen LogP contribution in [0.3, 0.4) is 0 Å². The topological polar surface area (TPSA) is 3.24 Å². The van der Waals surface area contributed by atoms with Crippen LogP contribution in [-0.4, -0.2) is 34.9 Å². The summed E-state index contributed by atoms with van der Waals surface area (Å²) in [6.07, 6.45) is 8.41. The minimum Gasteiger partial charge on any atom is -0.370 e. The molecule has 3 heteroatoms. The third-order valence-electron chi connectivity index (χ3n) is 4.09. The largest absolute Gasteiger partial charge is 0.370 e. The van der Waals surface area contributed by atoms with Crippen LogP contribution in [0.5, 0.6) is 0 Å². The lowest BCUT2D eigenvalue weighted by Gasteiger charge is -2.36. The molecule has 1 nitrogen and oxygen atoms in total. The van der Waals surface area contributed by atoms with Gasteiger partial charge in [-0.2, -0.15) is 11.8 Å². The van der Waals surface area contributed by atoms with E-state index in [1.165, 1.54) is 56.6 Å². The van der Waals surface area contributed by atoms with E-state index < -0.39 is 0 Å². The fraction of sp³-hybridized carbons (Fsp3) is 0.857. The number of hydrogen-bond acceptors (Lipinski definition) is 2. The van der Waals surface area contributed by atoms with E-state index in [1.807, 2.05) is 0 Å². The van der Waals surface area contributed by atoms with Gasteiger partial charge in [0.25, 0.3) is 0 Å². The second kappa shape index (κ2) is 6.94. The Balaban J connectivity index is 1.91. The summed E-state index contributed by atoms with van der Waals surface area (Å²) in [7, 11) is 0. The highest BCUT2D eigenvalue weighted by atomic mass is 35.5. The molecule has 1 heterocycles. The van der Waals surface area contributed by atoms with Gasteiger partial charge in [0.15, 0.2) is 0 Å². The third-order valence-corrected chi connectivity index (χ3v) is 5.54. The van der Waals surface area contributed by atoms with Gasteiger partial charge in [-0.05, 0) is 30.9 Å². The molecule has 1 saturated heterocycles. The maximum absolute atomic E-state index is 5.99. The van der Waals surface area contributed by atoms with Crippen molar-refractivity contribution in [2.75, 3.05) is 23.9 Å². The van der Waals surface area contributed by atoms with Crippen molar-refractivity contribution in [2.24, 2.45) is 5.92 Å². The lowest BCUT2D eigenvalue weighted by atomic mass is 9.88. The number of allylic oxidation sites excluding steroid dienone is 1. The van der Waals surface area contributed by atoms with E-state index >= 15 is 0 Å². The van der Waals surface area contributed by atoms with Crippen LogP contribution in [0.25, 0.3) is 0 Å². The van der Waals surface area contributed by atoms with Crippen LogP contribution in [-0.2, 0) is 0 Å². The van der Waals surface area contributed by atoms with Gasteiger partial charge in [0.1, 0.15) is 0 Å². The van der Waals surface area contributed by atoms with Crippen molar-refractivity contribution in [2.45, 2.75) is 44.6 Å². The van der Waals surface area contributed by atoms with Crippen LogP contribution in [0.4, 0.5) is 0 Å². The average Bonchev–Trinajstić information content (AvgIpc) is 2.90. The quantitative estimate of drug-likeness (QED) is 0.693. The molecule has 0 bridgehead atoms. The molecular formula is C14H24ClNS. The number of alkyl halides is 1. The van der Waals surface area contributed by atoms with Crippen molar-refractivity contribution in [1.82, 2.24) is 4.90 Å². The molecule has 0 aromatic carbocycles. The molecule has 2 rings (SSSR count). The first kappa shape index (κ1) is 13.6. The molecule has 1 atom stereocenters. The SMILES string of the molecule is C=C(CCl)N(CC1CCCCC1)C1CCSC1. The smallest absolute Gasteiger partial charge is 0.0617 e. The molecule has 0 spiro atoms. The molecule has 2 fully saturated rings. The minimum absolute atomic E-state index is 0.591. The summed E-state index contributed by atoms with van der Waals surface area (Å²) in [4.78, 5) is 2.53. The standard InChI is InChI=1S/C14H24ClNS/c1-12(9-15)16(14-7-8-17-11-14)10-13-5-3-2-4-6-13/h13-14H,1-11H2. The monoisotopic (exact) mass is 273 g/mol. The molecule has 1 aliphatic heterocycles. The van der Waals surface area contributed by atoms with Gasteiger partial charge in [0.2, 0.25) is 0 Å². The van der Waals surface area contributed by atoms with Crippen LogP contribution >= 0.6 is 23.4 Å². The van der Waals surface area contributed by atoms with Crippen molar-refractivity contribution in [3.8, 4) is 0 Å². The van der Waals surface area contributed by atoms with Crippen LogP contribution in [0, 0.1) is 5.92 Å². The zero-order valence-corrected chi connectivity index (χ0v) is 12.2. The summed E-state index contributed by atoms with van der Waals surface area (Å²) in [5.74, 6) is 4.05. The van der Waals surface area contributed by atoms with Gasteiger partial charge >= 0.3 is 0 Å². The second-order valence-corrected chi connectivity index (χ2v) is 6.79. The Kier molecular flexibility index (Phi) is 5.55. The Labute approximate surface area is 115 Å². The van der Waals surface area contributed by atoms with Crippen molar-refractivity contribution in [3.05, 3.63) is 12.3 Å². The zero-order valence-electron chi connectivity index (χ0n) is 10.7. The van der Waals surface area contributed by atoms with Gasteiger partial charge < -0.3 is 4.90 Å². The number of hydrogen-bond donors (Lipinski definition) is 0. The highest BCUT2D eigenvalue weighted by Gasteiger charge is 2.26. The van der Waals surface area contributed by atoms with E-state index in [4.69, 9.17) is 11.6 Å². The molecule has 0 radical (unpaired) electrons. The van der Waals surface area contributed by atoms with E-state index in [2.05, 4.69) is 23.2 Å². The highest BCUT2D eigenvalue weighted by molar-refractivity contribution is 7.99. The molecule has 1 aliphatic carbocycles. The van der Waals surface area contributed by atoms with Gasteiger partial charge in [0, 0.05) is 24.0 Å². The predicted molar refractivity (Wildman–Crippen MR) is 78.9 cm³/mol. The molecular weight excluding hydrogens is 250 g/mol. The molecule has 2 aliphatic rings. The number of nitrogens with zero attached hydrogens (tertiary/aromatic N) is 1. The molecule has 17 heavy (non-hydrogen) atoms. The maximum atomic E-state index is 5.99. The number of halogens is 1. The van der Waals surface area contributed by atoms with Crippen LogP contribution in [0.15, 0.2) is 12.3 Å². The van der Waals surface area contributed by atoms with Crippen molar-refractivity contribution in [3.63, 3.8) is 0 Å². The second-order valence-electron chi connectivity index (χ2n) is 5.37. The predicted octanol–water partition coefficient (Wildman–Crippen LogP) is 4.13. The molecule has 0 aromatic heterocycles. The van der Waals surface area contributed by atoms with Gasteiger partial charge in [-0.1, -0.05) is 25.8 Å². The zero-order chi connectivity index (χ0) is 12.1. The Bertz CT molecular complexity index is 245. The lowest BCUT2D eigenvalue weighted by Crippen LogP contribution is -2.39. The summed E-state index contributed by atoms with van der Waals surface area (Å²) in [5, 5.41) is 0. The summed E-state index contributed by atoms with van der Waals surface area (Å²) >= 11 is 8.07. The van der Waals surface area contributed by atoms with Crippen LogP contribution in [0.1, 0.15) is 38.5 Å². The van der Waals surface area contributed by atoms with E-state index in [0.717, 1.165) is 11.6 Å². The molecule has 0 N–H and O–H groups in total. The summed E-state index contributed by atoms with van der Waals surface area (Å²) in [5.41, 5.74) is 1.14. The minimum atomic E-state index is 0.591. The molecule has 98 valence electrons. The lowest BCUT2D eigenvalue weighted by molar-refractivity contribution is 0.203. The number of thioether (sulfide) groups is 1. The van der Waals surface area contributed by atoms with Crippen molar-refractivity contribution in [1.29, 1.82) is 0 Å². The van der Waals surface area contributed by atoms with Gasteiger partial charge in [-0.25, -0.2) is 0 Å². The summed E-state index contributed by atoms with van der Waals surface area (Å²) < 4.78 is 0. The van der Waals surface area contributed by atoms with Crippen LogP contribution < -0.4 is 0 Å². The average molecular weight is 274 g/mol. The van der Waals surface area contributed by atoms with E-state index in [-0.39, 0.29) is 0 Å². The van der Waals surface area contributed by atoms with Gasteiger partial charge in [-0.3, -0.25) is 0 Å². The number of rotatable bonds is 5. The Hall–Kier alpha value is 0.180. The van der Waals surface area contributed by atoms with Gasteiger partial charge in [0.05, 0.1) is 5.88 Å². The van der Waals surface area contributed by atoms with Gasteiger partial charge in [-0.15, -0.1) is 11.6 Å². The molecule has 1 unspecified atom stereocenters. The fourth-order valence-corrected chi connectivity index (χ4v) is 4.41. The first-order valence-corrected chi connectivity index (χ1v) is 8.58. The van der Waals surface area contributed by atoms with Crippen molar-refractivity contribution < 1.29 is 0 Å². The first-order chi connectivity index (χ1) is 8.31. The Morgan fingerprint density at radius 3 is 2.59 bits per heavy atom. The van der Waals surface area contributed by atoms with Crippen molar-refractivity contribution >= 4 is 23.4 Å². The molecule has 0 aromatic rings. The Morgan fingerprint density at radius 1 is 1.24 bits per heavy atom. The fourth-order valence-electron chi connectivity index (χ4n) is 3.03. The van der Waals surface area contributed by atoms with E-state index in [1.54, 1.807) is 0 Å². The van der Waals surface area contributed by atoms with Crippen LogP contribution in [0.2, 0.25) is 0 Å². The summed E-state index contributed by atoms with van der Waals surface area (Å²) in [6.45, 7) is 5.37. The Morgan fingerprint density at radius 2 is 2.00 bits per heavy atom. The van der Waals surface area contributed by atoms with E-state index in [9.17, 15) is 0 Å².